The standard InChI is InChI=1S/C11H16N2O4/c1-11(2)8(14)12-10(16)13(9(11)15)7-4-3-5-17-6-7/h7H,3-6H2,1-2H3,(H,12,14,16). The first kappa shape index (κ1) is 12.0. The normalized spacial score (nSPS) is 29.2. The number of carbonyl (C=O) groups excluding carboxylic acids is 3. The van der Waals surface area contributed by atoms with Gasteiger partial charge in [0.15, 0.2) is 0 Å². The van der Waals surface area contributed by atoms with Crippen LogP contribution in [0.2, 0.25) is 0 Å². The van der Waals surface area contributed by atoms with Crippen molar-refractivity contribution in [2.75, 3.05) is 13.2 Å². The Labute approximate surface area is 99.3 Å². The van der Waals surface area contributed by atoms with Crippen LogP contribution in [-0.4, -0.2) is 42.0 Å². The maximum Gasteiger partial charge on any atom is 0.331 e. The summed E-state index contributed by atoms with van der Waals surface area (Å²) in [6.45, 7) is 4.05. The molecule has 6 nitrogen and oxygen atoms in total. The van der Waals surface area contributed by atoms with E-state index in [0.717, 1.165) is 17.7 Å². The predicted molar refractivity (Wildman–Crippen MR) is 58.0 cm³/mol. The molecule has 0 aliphatic carbocycles. The van der Waals surface area contributed by atoms with Crippen LogP contribution in [0.5, 0.6) is 0 Å². The molecule has 0 radical (unpaired) electrons. The first-order valence-electron chi connectivity index (χ1n) is 5.71. The highest BCUT2D eigenvalue weighted by Gasteiger charge is 2.49. The number of hydrogen-bond donors (Lipinski definition) is 1. The minimum absolute atomic E-state index is 0.261. The van der Waals surface area contributed by atoms with Gasteiger partial charge in [-0.05, 0) is 26.7 Å². The summed E-state index contributed by atoms with van der Waals surface area (Å²) >= 11 is 0. The fourth-order valence-corrected chi connectivity index (χ4v) is 2.06. The van der Waals surface area contributed by atoms with E-state index in [1.165, 1.54) is 13.8 Å². The summed E-state index contributed by atoms with van der Waals surface area (Å²) in [7, 11) is 0. The number of nitrogens with zero attached hydrogens (tertiary/aromatic N) is 1. The lowest BCUT2D eigenvalue weighted by molar-refractivity contribution is -0.152. The van der Waals surface area contributed by atoms with Gasteiger partial charge in [0.25, 0.3) is 0 Å². The molecule has 17 heavy (non-hydrogen) atoms. The second kappa shape index (κ2) is 4.10. The number of carbonyl (C=O) groups is 3. The van der Waals surface area contributed by atoms with Gasteiger partial charge in [0.2, 0.25) is 11.8 Å². The first-order chi connectivity index (χ1) is 7.94. The van der Waals surface area contributed by atoms with Crippen molar-refractivity contribution in [2.45, 2.75) is 32.7 Å². The number of ether oxygens (including phenoxy) is 1. The molecule has 2 rings (SSSR count). The van der Waals surface area contributed by atoms with Crippen molar-refractivity contribution >= 4 is 17.8 Å². The molecule has 1 N–H and O–H groups in total. The van der Waals surface area contributed by atoms with Gasteiger partial charge in [0.05, 0.1) is 12.6 Å². The summed E-state index contributed by atoms with van der Waals surface area (Å²) in [6, 6.07) is -0.890. The zero-order valence-electron chi connectivity index (χ0n) is 9.99. The maximum absolute atomic E-state index is 12.2. The molecule has 6 heteroatoms. The topological polar surface area (TPSA) is 75.7 Å². The molecule has 4 amide bonds. The van der Waals surface area contributed by atoms with Gasteiger partial charge in [-0.15, -0.1) is 0 Å². The smallest absolute Gasteiger partial charge is 0.331 e. The Bertz CT molecular complexity index is 372. The lowest BCUT2D eigenvalue weighted by atomic mass is 9.87. The molecule has 0 aromatic heterocycles. The van der Waals surface area contributed by atoms with Crippen LogP contribution in [-0.2, 0) is 14.3 Å². The molecule has 0 bridgehead atoms. The van der Waals surface area contributed by atoms with Crippen molar-refractivity contribution in [3.63, 3.8) is 0 Å². The van der Waals surface area contributed by atoms with E-state index in [4.69, 9.17) is 4.74 Å². The molecule has 2 heterocycles. The molecule has 1 unspecified atom stereocenters. The van der Waals surface area contributed by atoms with Crippen LogP contribution in [0, 0.1) is 5.41 Å². The molecule has 2 saturated heterocycles. The Balaban J connectivity index is 2.23. The fraction of sp³-hybridized carbons (Fsp3) is 0.727. The summed E-state index contributed by atoms with van der Waals surface area (Å²) in [5, 5.41) is 2.22. The van der Waals surface area contributed by atoms with E-state index < -0.39 is 23.3 Å². The van der Waals surface area contributed by atoms with Crippen LogP contribution < -0.4 is 5.32 Å². The van der Waals surface area contributed by atoms with Gasteiger partial charge in [-0.3, -0.25) is 19.8 Å². The highest BCUT2D eigenvalue weighted by Crippen LogP contribution is 2.27. The van der Waals surface area contributed by atoms with E-state index in [1.807, 2.05) is 0 Å². The molecule has 0 saturated carbocycles. The quantitative estimate of drug-likeness (QED) is 0.667. The van der Waals surface area contributed by atoms with Crippen molar-refractivity contribution in [3.8, 4) is 0 Å². The van der Waals surface area contributed by atoms with Gasteiger partial charge in [-0.25, -0.2) is 4.79 Å². The largest absolute Gasteiger partial charge is 0.379 e. The summed E-state index contributed by atoms with van der Waals surface area (Å²) in [5.41, 5.74) is -1.19. The molecule has 2 aliphatic heterocycles. The predicted octanol–water partition coefficient (Wildman–Crippen LogP) is 0.270. The van der Waals surface area contributed by atoms with Crippen LogP contribution in [0.25, 0.3) is 0 Å². The Morgan fingerprint density at radius 3 is 2.65 bits per heavy atom. The summed E-state index contributed by atoms with van der Waals surface area (Å²) in [5.74, 6) is -0.984. The van der Waals surface area contributed by atoms with Crippen LogP contribution in [0.1, 0.15) is 26.7 Å². The summed E-state index contributed by atoms with van der Waals surface area (Å²) in [6.07, 6.45) is 1.54. The number of amides is 4. The monoisotopic (exact) mass is 240 g/mol. The van der Waals surface area contributed by atoms with E-state index in [-0.39, 0.29) is 6.04 Å². The third-order valence-electron chi connectivity index (χ3n) is 3.26. The number of urea groups is 1. The van der Waals surface area contributed by atoms with E-state index in [9.17, 15) is 14.4 Å². The second-order valence-electron chi connectivity index (χ2n) is 4.93. The molecular weight excluding hydrogens is 224 g/mol. The molecule has 0 aromatic rings. The first-order valence-corrected chi connectivity index (χ1v) is 5.71. The van der Waals surface area contributed by atoms with Gasteiger partial charge in [0, 0.05) is 6.61 Å². The highest BCUT2D eigenvalue weighted by molar-refractivity contribution is 6.18. The van der Waals surface area contributed by atoms with Crippen LogP contribution in [0.3, 0.4) is 0 Å². The van der Waals surface area contributed by atoms with E-state index in [0.29, 0.717) is 13.2 Å². The van der Waals surface area contributed by atoms with E-state index >= 15 is 0 Å². The lowest BCUT2D eigenvalue weighted by Crippen LogP contribution is -2.65. The van der Waals surface area contributed by atoms with Crippen molar-refractivity contribution in [3.05, 3.63) is 0 Å². The lowest BCUT2D eigenvalue weighted by Gasteiger charge is -2.40. The number of rotatable bonds is 1. The molecule has 1 atom stereocenters. The van der Waals surface area contributed by atoms with Crippen molar-refractivity contribution in [2.24, 2.45) is 5.41 Å². The third kappa shape index (κ3) is 1.93. The van der Waals surface area contributed by atoms with Crippen LogP contribution in [0.15, 0.2) is 0 Å². The summed E-state index contributed by atoms with van der Waals surface area (Å²) < 4.78 is 5.27. The van der Waals surface area contributed by atoms with Gasteiger partial charge in [-0.2, -0.15) is 0 Å². The zero-order chi connectivity index (χ0) is 12.6. The molecule has 0 aromatic carbocycles. The Morgan fingerprint density at radius 1 is 1.35 bits per heavy atom. The van der Waals surface area contributed by atoms with Crippen molar-refractivity contribution < 1.29 is 19.1 Å². The zero-order valence-corrected chi connectivity index (χ0v) is 9.99. The molecule has 94 valence electrons. The average Bonchev–Trinajstić information content (AvgIpc) is 2.28. The molecular formula is C11H16N2O4. The van der Waals surface area contributed by atoms with Gasteiger partial charge < -0.3 is 4.74 Å². The fourth-order valence-electron chi connectivity index (χ4n) is 2.06. The van der Waals surface area contributed by atoms with Gasteiger partial charge >= 0.3 is 6.03 Å². The van der Waals surface area contributed by atoms with Crippen LogP contribution >= 0.6 is 0 Å². The number of nitrogens with one attached hydrogen (secondary N) is 1. The Hall–Kier alpha value is -1.43. The minimum Gasteiger partial charge on any atom is -0.379 e. The molecule has 0 spiro atoms. The van der Waals surface area contributed by atoms with Gasteiger partial charge in [0.1, 0.15) is 5.41 Å². The Kier molecular flexibility index (Phi) is 2.91. The minimum atomic E-state index is -1.19. The molecule has 2 fully saturated rings. The number of hydrogen-bond acceptors (Lipinski definition) is 4. The second-order valence-corrected chi connectivity index (χ2v) is 4.93. The average molecular weight is 240 g/mol. The summed E-state index contributed by atoms with van der Waals surface area (Å²) in [4.78, 5) is 36.6. The highest BCUT2D eigenvalue weighted by atomic mass is 16.5. The van der Waals surface area contributed by atoms with Crippen molar-refractivity contribution in [1.29, 1.82) is 0 Å². The van der Waals surface area contributed by atoms with Crippen LogP contribution in [0.4, 0.5) is 4.79 Å². The SMILES string of the molecule is CC1(C)C(=O)NC(=O)N(C2CCCOC2)C1=O. The number of imide groups is 2. The third-order valence-corrected chi connectivity index (χ3v) is 3.26. The maximum atomic E-state index is 12.2. The van der Waals surface area contributed by atoms with Gasteiger partial charge in [-0.1, -0.05) is 0 Å². The van der Waals surface area contributed by atoms with E-state index in [2.05, 4.69) is 5.32 Å². The Morgan fingerprint density at radius 2 is 2.06 bits per heavy atom. The van der Waals surface area contributed by atoms with Crippen molar-refractivity contribution in [1.82, 2.24) is 10.2 Å². The number of barbiturate groups is 1. The van der Waals surface area contributed by atoms with E-state index in [1.54, 1.807) is 0 Å². The molecule has 2 aliphatic rings.